The molecule has 4 rings (SSSR count). The zero-order chi connectivity index (χ0) is 21.8. The number of piperazine rings is 1. The van der Waals surface area contributed by atoms with Crippen LogP contribution in [-0.2, 0) is 9.59 Å². The van der Waals surface area contributed by atoms with Crippen molar-refractivity contribution in [2.24, 2.45) is 5.73 Å². The van der Waals surface area contributed by atoms with Gasteiger partial charge in [-0.1, -0.05) is 0 Å². The summed E-state index contributed by atoms with van der Waals surface area (Å²) in [6.07, 6.45) is 5.14. The lowest BCUT2D eigenvalue weighted by atomic mass is 9.83. The minimum absolute atomic E-state index is 0.160. The zero-order valence-corrected chi connectivity index (χ0v) is 18.4. The first-order valence-corrected chi connectivity index (χ1v) is 11.7. The highest BCUT2D eigenvalue weighted by Gasteiger charge is 2.50. The van der Waals surface area contributed by atoms with Gasteiger partial charge in [-0.3, -0.25) is 9.59 Å². The minimum atomic E-state index is -0.437. The van der Waals surface area contributed by atoms with E-state index in [1.54, 1.807) is 12.1 Å². The van der Waals surface area contributed by atoms with Gasteiger partial charge in [0, 0.05) is 31.9 Å². The van der Waals surface area contributed by atoms with Crippen molar-refractivity contribution >= 4 is 17.5 Å². The molecule has 3 aliphatic heterocycles. The average molecular weight is 434 g/mol. The Bertz CT molecular complexity index is 765. The largest absolute Gasteiger partial charge is 0.368 e. The molecule has 2 amide bonds. The van der Waals surface area contributed by atoms with E-state index in [-0.39, 0.29) is 17.6 Å². The standard InChI is InChI=1S/C23H34FN5O2/c24-19-4-6-20(7-5-19)27-14-16-28(17-15-27)21(30)18-26-12-8-23(9-13-26,22(25)31)29-10-2-1-3-11-29/h4-7H,1-3,8-18H2,(H2,25,31)/p+2. The molecule has 3 aliphatic rings. The van der Waals surface area contributed by atoms with Gasteiger partial charge in [0.1, 0.15) is 5.82 Å². The molecule has 3 heterocycles. The van der Waals surface area contributed by atoms with Crippen molar-refractivity contribution in [1.29, 1.82) is 0 Å². The second kappa shape index (κ2) is 9.53. The van der Waals surface area contributed by atoms with Crippen molar-refractivity contribution in [3.63, 3.8) is 0 Å². The van der Waals surface area contributed by atoms with Gasteiger partial charge >= 0.3 is 0 Å². The van der Waals surface area contributed by atoms with E-state index in [0.717, 1.165) is 57.8 Å². The van der Waals surface area contributed by atoms with E-state index in [1.165, 1.54) is 41.2 Å². The van der Waals surface area contributed by atoms with Crippen LogP contribution in [0.2, 0.25) is 0 Å². The number of amides is 2. The van der Waals surface area contributed by atoms with Gasteiger partial charge < -0.3 is 25.3 Å². The number of hydrogen-bond acceptors (Lipinski definition) is 3. The summed E-state index contributed by atoms with van der Waals surface area (Å²) in [6, 6.07) is 6.54. The SMILES string of the molecule is NC(=O)C1([NH+]2CCCCC2)CC[NH+](CC(=O)N2CCN(c3ccc(F)cc3)CC2)CC1. The average Bonchev–Trinajstić information content (AvgIpc) is 2.81. The first-order chi connectivity index (χ1) is 15.0. The van der Waals surface area contributed by atoms with Crippen LogP contribution in [0, 0.1) is 5.82 Å². The summed E-state index contributed by atoms with van der Waals surface area (Å²) in [5, 5.41) is 0. The monoisotopic (exact) mass is 433 g/mol. The highest BCUT2D eigenvalue weighted by atomic mass is 19.1. The third kappa shape index (κ3) is 4.85. The smallest absolute Gasteiger partial charge is 0.279 e. The number of nitrogens with two attached hydrogens (primary N) is 1. The number of nitrogens with zero attached hydrogens (tertiary/aromatic N) is 2. The van der Waals surface area contributed by atoms with Crippen LogP contribution in [0.15, 0.2) is 24.3 Å². The van der Waals surface area contributed by atoms with E-state index in [9.17, 15) is 14.0 Å². The van der Waals surface area contributed by atoms with Crippen molar-refractivity contribution < 1.29 is 23.8 Å². The lowest BCUT2D eigenvalue weighted by Gasteiger charge is -2.44. The first kappa shape index (κ1) is 22.0. The number of piperidine rings is 2. The molecule has 31 heavy (non-hydrogen) atoms. The molecule has 3 fully saturated rings. The second-order valence-corrected chi connectivity index (χ2v) is 9.38. The highest BCUT2D eigenvalue weighted by molar-refractivity contribution is 5.83. The van der Waals surface area contributed by atoms with Crippen LogP contribution in [-0.4, -0.2) is 81.2 Å². The number of hydrogen-bond donors (Lipinski definition) is 3. The van der Waals surface area contributed by atoms with E-state index >= 15 is 0 Å². The third-order valence-electron chi connectivity index (χ3n) is 7.64. The molecule has 1 aromatic rings. The Hall–Kier alpha value is -2.19. The number of benzene rings is 1. The molecule has 170 valence electrons. The molecule has 0 atom stereocenters. The number of quaternary nitrogens is 2. The van der Waals surface area contributed by atoms with E-state index in [4.69, 9.17) is 5.73 Å². The fourth-order valence-electron chi connectivity index (χ4n) is 5.63. The van der Waals surface area contributed by atoms with Crippen LogP contribution in [0.5, 0.6) is 0 Å². The number of anilines is 1. The van der Waals surface area contributed by atoms with Crippen LogP contribution in [0.3, 0.4) is 0 Å². The maximum absolute atomic E-state index is 13.1. The van der Waals surface area contributed by atoms with Crippen LogP contribution in [0.1, 0.15) is 32.1 Å². The fraction of sp³-hybridized carbons (Fsp3) is 0.652. The number of halogens is 1. The Balaban J connectivity index is 1.26. The van der Waals surface area contributed by atoms with Crippen molar-refractivity contribution in [3.05, 3.63) is 30.1 Å². The molecule has 0 saturated carbocycles. The van der Waals surface area contributed by atoms with Crippen molar-refractivity contribution in [2.75, 3.05) is 63.8 Å². The minimum Gasteiger partial charge on any atom is -0.368 e. The second-order valence-electron chi connectivity index (χ2n) is 9.38. The van der Waals surface area contributed by atoms with E-state index in [0.29, 0.717) is 19.6 Å². The molecule has 0 radical (unpaired) electrons. The Morgan fingerprint density at radius 3 is 2.13 bits per heavy atom. The molecule has 0 aromatic heterocycles. The van der Waals surface area contributed by atoms with Crippen LogP contribution < -0.4 is 20.4 Å². The summed E-state index contributed by atoms with van der Waals surface area (Å²) < 4.78 is 13.1. The quantitative estimate of drug-likeness (QED) is 0.526. The molecule has 0 aliphatic carbocycles. The molecule has 4 N–H and O–H groups in total. The Morgan fingerprint density at radius 2 is 1.55 bits per heavy atom. The van der Waals surface area contributed by atoms with Crippen LogP contribution >= 0.6 is 0 Å². The molecule has 3 saturated heterocycles. The molecule has 0 bridgehead atoms. The lowest BCUT2D eigenvalue weighted by Crippen LogP contribution is -3.26. The molecular weight excluding hydrogens is 397 g/mol. The van der Waals surface area contributed by atoms with Crippen molar-refractivity contribution in [3.8, 4) is 0 Å². The summed E-state index contributed by atoms with van der Waals surface area (Å²) in [6.45, 7) is 7.11. The molecule has 0 unspecified atom stereocenters. The van der Waals surface area contributed by atoms with Gasteiger partial charge in [0.25, 0.3) is 11.8 Å². The molecule has 7 nitrogen and oxygen atoms in total. The fourth-order valence-corrected chi connectivity index (χ4v) is 5.63. The lowest BCUT2D eigenvalue weighted by molar-refractivity contribution is -0.972. The Labute approximate surface area is 183 Å². The topological polar surface area (TPSA) is 75.5 Å². The predicted molar refractivity (Wildman–Crippen MR) is 116 cm³/mol. The Morgan fingerprint density at radius 1 is 0.935 bits per heavy atom. The maximum Gasteiger partial charge on any atom is 0.279 e. The summed E-state index contributed by atoms with van der Waals surface area (Å²) in [4.78, 5) is 32.1. The maximum atomic E-state index is 13.1. The summed E-state index contributed by atoms with van der Waals surface area (Å²) in [5.74, 6) is -0.207. The first-order valence-electron chi connectivity index (χ1n) is 11.7. The number of likely N-dealkylation sites (tertiary alicyclic amines) is 2. The predicted octanol–water partition coefficient (Wildman–Crippen LogP) is -1.55. The van der Waals surface area contributed by atoms with Gasteiger partial charge in [0.15, 0.2) is 12.1 Å². The normalized spacial score (nSPS) is 27.8. The number of primary amides is 1. The number of carbonyl (C=O) groups excluding carboxylic acids is 2. The van der Waals surface area contributed by atoms with Crippen LogP contribution in [0.25, 0.3) is 0 Å². The van der Waals surface area contributed by atoms with Crippen LogP contribution in [0.4, 0.5) is 10.1 Å². The van der Waals surface area contributed by atoms with E-state index in [2.05, 4.69) is 4.90 Å². The van der Waals surface area contributed by atoms with Crippen molar-refractivity contribution in [1.82, 2.24) is 4.90 Å². The molecular formula is C23H36FN5O2+2. The van der Waals surface area contributed by atoms with Gasteiger partial charge in [-0.25, -0.2) is 4.39 Å². The van der Waals surface area contributed by atoms with Crippen molar-refractivity contribution in [2.45, 2.75) is 37.6 Å². The van der Waals surface area contributed by atoms with E-state index in [1.807, 2.05) is 4.90 Å². The Kier molecular flexibility index (Phi) is 6.77. The number of carbonyl (C=O) groups is 2. The zero-order valence-electron chi connectivity index (χ0n) is 18.4. The van der Waals surface area contributed by atoms with Gasteiger partial charge in [0.05, 0.1) is 39.0 Å². The summed E-state index contributed by atoms with van der Waals surface area (Å²) >= 11 is 0. The molecule has 1 aromatic carbocycles. The van der Waals surface area contributed by atoms with Gasteiger partial charge in [-0.2, -0.15) is 0 Å². The summed E-state index contributed by atoms with van der Waals surface area (Å²) in [7, 11) is 0. The van der Waals surface area contributed by atoms with Gasteiger partial charge in [0.2, 0.25) is 0 Å². The molecule has 8 heteroatoms. The number of nitrogens with one attached hydrogen (secondary N) is 2. The number of rotatable bonds is 5. The highest BCUT2D eigenvalue weighted by Crippen LogP contribution is 2.17. The van der Waals surface area contributed by atoms with Gasteiger partial charge in [-0.15, -0.1) is 0 Å². The molecule has 0 spiro atoms. The third-order valence-corrected chi connectivity index (χ3v) is 7.64. The van der Waals surface area contributed by atoms with E-state index < -0.39 is 5.54 Å². The summed E-state index contributed by atoms with van der Waals surface area (Å²) in [5.41, 5.74) is 6.46. The van der Waals surface area contributed by atoms with Gasteiger partial charge in [-0.05, 0) is 43.5 Å².